The molecule has 0 saturated carbocycles. The van der Waals surface area contributed by atoms with Gasteiger partial charge in [-0.05, 0) is 32.4 Å². The van der Waals surface area contributed by atoms with Gasteiger partial charge >= 0.3 is 0 Å². The van der Waals surface area contributed by atoms with Gasteiger partial charge in [0.2, 0.25) is 0 Å². The number of hydrogen-bond acceptors (Lipinski definition) is 6. The van der Waals surface area contributed by atoms with Crippen molar-refractivity contribution in [2.75, 3.05) is 11.9 Å². The number of pyridine rings is 1. The van der Waals surface area contributed by atoms with Crippen LogP contribution in [-0.4, -0.2) is 41.3 Å². The molecule has 0 atom stereocenters. The van der Waals surface area contributed by atoms with E-state index in [1.165, 1.54) is 0 Å². The molecule has 138 valence electrons. The predicted octanol–water partition coefficient (Wildman–Crippen LogP) is 2.74. The fourth-order valence-corrected chi connectivity index (χ4v) is 2.93. The maximum atomic E-state index is 4.70. The highest BCUT2D eigenvalue weighted by Gasteiger charge is 2.12. The minimum absolute atomic E-state index is 0.663. The molecule has 0 bridgehead atoms. The largest absolute Gasteiger partial charge is 0.369 e. The molecule has 0 aliphatic carbocycles. The quantitative estimate of drug-likeness (QED) is 0.547. The lowest BCUT2D eigenvalue weighted by atomic mass is 10.2. The van der Waals surface area contributed by atoms with Gasteiger partial charge < -0.3 is 5.32 Å². The average Bonchev–Trinajstić information content (AvgIpc) is 3.28. The molecule has 27 heavy (non-hydrogen) atoms. The van der Waals surface area contributed by atoms with Crippen molar-refractivity contribution in [2.24, 2.45) is 0 Å². The predicted molar refractivity (Wildman–Crippen MR) is 104 cm³/mol. The number of anilines is 1. The second-order valence-electron chi connectivity index (χ2n) is 6.46. The lowest BCUT2D eigenvalue weighted by Crippen LogP contribution is -2.11. The summed E-state index contributed by atoms with van der Waals surface area (Å²) in [5.41, 5.74) is 4.97. The van der Waals surface area contributed by atoms with Gasteiger partial charge in [-0.3, -0.25) is 10.1 Å². The molecule has 0 radical (unpaired) electrons. The second-order valence-corrected chi connectivity index (χ2v) is 6.46. The first kappa shape index (κ1) is 17.1. The standard InChI is InChI=1S/C19H22N8/c1-4-15-10-17(27-19(22-15)12(2)13(3)26-27)21-9-7-16-23-18(25-24-16)14-6-5-8-20-11-14/h5-6,8,10-11,21H,4,7,9H2,1-3H3,(H,23,24,25). The number of rotatable bonds is 6. The van der Waals surface area contributed by atoms with Crippen molar-refractivity contribution < 1.29 is 0 Å². The van der Waals surface area contributed by atoms with E-state index >= 15 is 0 Å². The molecule has 4 aromatic heterocycles. The van der Waals surface area contributed by atoms with Crippen LogP contribution in [0.5, 0.6) is 0 Å². The van der Waals surface area contributed by atoms with Crippen molar-refractivity contribution in [3.63, 3.8) is 0 Å². The van der Waals surface area contributed by atoms with Crippen LogP contribution < -0.4 is 5.32 Å². The van der Waals surface area contributed by atoms with E-state index in [2.05, 4.69) is 50.5 Å². The molecule has 4 aromatic rings. The third-order valence-electron chi connectivity index (χ3n) is 4.59. The highest BCUT2D eigenvalue weighted by molar-refractivity contribution is 5.56. The lowest BCUT2D eigenvalue weighted by molar-refractivity contribution is 0.860. The molecule has 4 rings (SSSR count). The zero-order valence-electron chi connectivity index (χ0n) is 15.7. The summed E-state index contributed by atoms with van der Waals surface area (Å²) in [5, 5.41) is 15.3. The zero-order chi connectivity index (χ0) is 18.8. The number of aromatic amines is 1. The molecule has 0 aliphatic rings. The van der Waals surface area contributed by atoms with Crippen molar-refractivity contribution >= 4 is 11.5 Å². The molecule has 0 saturated heterocycles. The Morgan fingerprint density at radius 2 is 2.11 bits per heavy atom. The van der Waals surface area contributed by atoms with Crippen molar-refractivity contribution in [3.8, 4) is 11.4 Å². The molecule has 4 heterocycles. The van der Waals surface area contributed by atoms with Crippen LogP contribution >= 0.6 is 0 Å². The van der Waals surface area contributed by atoms with E-state index in [0.29, 0.717) is 12.4 Å². The fourth-order valence-electron chi connectivity index (χ4n) is 2.93. The van der Waals surface area contributed by atoms with Gasteiger partial charge in [0.05, 0.1) is 5.69 Å². The van der Waals surface area contributed by atoms with Crippen molar-refractivity contribution in [1.29, 1.82) is 0 Å². The first-order chi connectivity index (χ1) is 13.2. The average molecular weight is 362 g/mol. The topological polar surface area (TPSA) is 96.7 Å². The maximum Gasteiger partial charge on any atom is 0.182 e. The molecule has 0 unspecified atom stereocenters. The molecular weight excluding hydrogens is 340 g/mol. The molecule has 2 N–H and O–H groups in total. The number of aromatic nitrogens is 7. The van der Waals surface area contributed by atoms with Crippen LogP contribution in [-0.2, 0) is 12.8 Å². The SMILES string of the molecule is CCc1cc(NCCc2nc(-c3cccnc3)n[nH]2)n2nc(C)c(C)c2n1. The van der Waals surface area contributed by atoms with E-state index in [9.17, 15) is 0 Å². The minimum Gasteiger partial charge on any atom is -0.369 e. The van der Waals surface area contributed by atoms with Crippen LogP contribution in [0.3, 0.4) is 0 Å². The van der Waals surface area contributed by atoms with Crippen LogP contribution in [0.25, 0.3) is 17.0 Å². The molecular formula is C19H22N8. The Hall–Kier alpha value is -3.29. The highest BCUT2D eigenvalue weighted by Crippen LogP contribution is 2.19. The van der Waals surface area contributed by atoms with Crippen molar-refractivity contribution in [1.82, 2.24) is 34.8 Å². The van der Waals surface area contributed by atoms with Crippen molar-refractivity contribution in [2.45, 2.75) is 33.6 Å². The summed E-state index contributed by atoms with van der Waals surface area (Å²) in [6, 6.07) is 5.88. The van der Waals surface area contributed by atoms with E-state index in [0.717, 1.165) is 52.6 Å². The molecule has 0 fully saturated rings. The van der Waals surface area contributed by atoms with Gasteiger partial charge in [-0.25, -0.2) is 9.97 Å². The van der Waals surface area contributed by atoms with E-state index in [1.54, 1.807) is 12.4 Å². The van der Waals surface area contributed by atoms with Gasteiger partial charge in [-0.2, -0.15) is 14.7 Å². The zero-order valence-corrected chi connectivity index (χ0v) is 15.7. The summed E-state index contributed by atoms with van der Waals surface area (Å²) in [6.07, 6.45) is 5.09. The van der Waals surface area contributed by atoms with Gasteiger partial charge in [0, 0.05) is 48.2 Å². The highest BCUT2D eigenvalue weighted by atomic mass is 15.3. The third-order valence-corrected chi connectivity index (χ3v) is 4.59. The van der Waals surface area contributed by atoms with Crippen LogP contribution in [0.4, 0.5) is 5.82 Å². The third kappa shape index (κ3) is 3.38. The Balaban J connectivity index is 1.50. The Labute approximate surface area is 157 Å². The number of nitrogens with one attached hydrogen (secondary N) is 2. The Bertz CT molecular complexity index is 1060. The number of fused-ring (bicyclic) bond motifs is 1. The number of hydrogen-bond donors (Lipinski definition) is 2. The van der Waals surface area contributed by atoms with Gasteiger partial charge in [-0.15, -0.1) is 0 Å². The van der Waals surface area contributed by atoms with Gasteiger partial charge in [0.25, 0.3) is 0 Å². The molecule has 0 spiro atoms. The first-order valence-corrected chi connectivity index (χ1v) is 9.07. The molecule has 0 aromatic carbocycles. The van der Waals surface area contributed by atoms with Gasteiger partial charge in [0.15, 0.2) is 11.5 Å². The maximum absolute atomic E-state index is 4.70. The Morgan fingerprint density at radius 3 is 2.89 bits per heavy atom. The molecule has 8 nitrogen and oxygen atoms in total. The summed E-state index contributed by atoms with van der Waals surface area (Å²) in [7, 11) is 0. The van der Waals surface area contributed by atoms with E-state index in [-0.39, 0.29) is 0 Å². The summed E-state index contributed by atoms with van der Waals surface area (Å²) in [6.45, 7) is 6.88. The molecule has 0 amide bonds. The monoisotopic (exact) mass is 362 g/mol. The van der Waals surface area contributed by atoms with Crippen LogP contribution in [0.15, 0.2) is 30.6 Å². The van der Waals surface area contributed by atoms with Crippen molar-refractivity contribution in [3.05, 3.63) is 53.4 Å². The van der Waals surface area contributed by atoms with Crippen LogP contribution in [0.2, 0.25) is 0 Å². The fraction of sp³-hybridized carbons (Fsp3) is 0.316. The first-order valence-electron chi connectivity index (χ1n) is 9.07. The summed E-state index contributed by atoms with van der Waals surface area (Å²) < 4.78 is 1.88. The number of H-pyrrole nitrogens is 1. The van der Waals surface area contributed by atoms with Gasteiger partial charge in [-0.1, -0.05) is 6.92 Å². The summed E-state index contributed by atoms with van der Waals surface area (Å²) >= 11 is 0. The summed E-state index contributed by atoms with van der Waals surface area (Å²) in [4.78, 5) is 13.4. The smallest absolute Gasteiger partial charge is 0.182 e. The van der Waals surface area contributed by atoms with E-state index in [4.69, 9.17) is 4.98 Å². The lowest BCUT2D eigenvalue weighted by Gasteiger charge is -2.09. The number of aryl methyl sites for hydroxylation is 3. The minimum atomic E-state index is 0.663. The van der Waals surface area contributed by atoms with Gasteiger partial charge in [0.1, 0.15) is 11.6 Å². The Morgan fingerprint density at radius 1 is 1.22 bits per heavy atom. The normalized spacial score (nSPS) is 11.2. The van der Waals surface area contributed by atoms with Crippen LogP contribution in [0, 0.1) is 13.8 Å². The second kappa shape index (κ2) is 7.14. The Kier molecular flexibility index (Phi) is 4.53. The van der Waals surface area contributed by atoms with E-state index < -0.39 is 0 Å². The molecule has 8 heteroatoms. The van der Waals surface area contributed by atoms with E-state index in [1.807, 2.05) is 23.6 Å². The summed E-state index contributed by atoms with van der Waals surface area (Å²) in [5.74, 6) is 2.44. The van der Waals surface area contributed by atoms with Crippen LogP contribution in [0.1, 0.15) is 29.7 Å². The number of nitrogens with zero attached hydrogens (tertiary/aromatic N) is 6. The molecule has 0 aliphatic heterocycles.